The van der Waals surface area contributed by atoms with Gasteiger partial charge in [-0.3, -0.25) is 14.9 Å². The number of nitro benzene ring substituents is 1. The van der Waals surface area contributed by atoms with Crippen molar-refractivity contribution in [3.63, 3.8) is 0 Å². The van der Waals surface area contributed by atoms with Crippen LogP contribution in [0.4, 0.5) is 24.5 Å². The monoisotopic (exact) mass is 532 g/mol. The molecule has 9 nitrogen and oxygen atoms in total. The standard InChI is InChI=1S/C24H16ClF3N4O5/c25-16-4-6-19(7-5-16)37-21-12-17(11-18(13-21)32(34)35)29-23(33)22-8-9-31(30-22)14-36-20-3-1-2-15(10-20)24(26,27)28/h1-13H,14H2,(H,29,33). The Balaban J connectivity index is 1.44. The van der Waals surface area contributed by atoms with E-state index in [1.807, 2.05) is 0 Å². The van der Waals surface area contributed by atoms with E-state index >= 15 is 0 Å². The molecule has 1 amide bonds. The molecule has 0 saturated heterocycles. The molecule has 4 rings (SSSR count). The van der Waals surface area contributed by atoms with E-state index in [0.717, 1.165) is 18.2 Å². The number of halogens is 4. The lowest BCUT2D eigenvalue weighted by atomic mass is 10.2. The third kappa shape index (κ3) is 6.76. The molecular weight excluding hydrogens is 517 g/mol. The number of anilines is 1. The van der Waals surface area contributed by atoms with Gasteiger partial charge in [0.2, 0.25) is 0 Å². The first kappa shape index (κ1) is 25.5. The number of alkyl halides is 3. The van der Waals surface area contributed by atoms with Crippen LogP contribution >= 0.6 is 11.6 Å². The summed E-state index contributed by atoms with van der Waals surface area (Å²) in [6.07, 6.45) is -3.12. The Morgan fingerprint density at radius 2 is 1.78 bits per heavy atom. The largest absolute Gasteiger partial charge is 0.471 e. The maximum atomic E-state index is 12.9. The second-order valence-corrected chi connectivity index (χ2v) is 7.96. The molecule has 190 valence electrons. The predicted octanol–water partition coefficient (Wildman–Crippen LogP) is 6.54. The lowest BCUT2D eigenvalue weighted by Gasteiger charge is -2.10. The summed E-state index contributed by atoms with van der Waals surface area (Å²) in [6.45, 7) is -0.259. The number of carbonyl (C=O) groups excluding carboxylic acids is 1. The second kappa shape index (κ2) is 10.6. The fraction of sp³-hybridized carbons (Fsp3) is 0.0833. The molecule has 0 radical (unpaired) electrons. The van der Waals surface area contributed by atoms with Crippen molar-refractivity contribution in [2.45, 2.75) is 12.9 Å². The fourth-order valence-electron chi connectivity index (χ4n) is 3.11. The SMILES string of the molecule is O=C(Nc1cc(Oc2ccc(Cl)cc2)cc([N+](=O)[O-])c1)c1ccn(COc2cccc(C(F)(F)F)c2)n1. The first-order valence-corrected chi connectivity index (χ1v) is 10.8. The van der Waals surface area contributed by atoms with Gasteiger partial charge in [0.05, 0.1) is 22.2 Å². The topological polar surface area (TPSA) is 109 Å². The number of nitrogens with zero attached hydrogens (tertiary/aromatic N) is 3. The van der Waals surface area contributed by atoms with E-state index in [0.29, 0.717) is 10.8 Å². The highest BCUT2D eigenvalue weighted by Crippen LogP contribution is 2.32. The number of benzene rings is 3. The van der Waals surface area contributed by atoms with E-state index in [4.69, 9.17) is 21.1 Å². The van der Waals surface area contributed by atoms with Crippen molar-refractivity contribution < 1.29 is 32.4 Å². The number of nitrogens with one attached hydrogen (secondary N) is 1. The van der Waals surface area contributed by atoms with E-state index in [1.54, 1.807) is 24.3 Å². The third-order valence-electron chi connectivity index (χ3n) is 4.81. The van der Waals surface area contributed by atoms with Crippen molar-refractivity contribution in [1.82, 2.24) is 9.78 Å². The highest BCUT2D eigenvalue weighted by Gasteiger charge is 2.30. The lowest BCUT2D eigenvalue weighted by Crippen LogP contribution is -2.14. The number of hydrogen-bond acceptors (Lipinski definition) is 6. The highest BCUT2D eigenvalue weighted by molar-refractivity contribution is 6.30. The van der Waals surface area contributed by atoms with Crippen LogP contribution in [0, 0.1) is 10.1 Å². The maximum Gasteiger partial charge on any atom is 0.416 e. The molecule has 0 atom stereocenters. The minimum absolute atomic E-state index is 0.0267. The van der Waals surface area contributed by atoms with Crippen LogP contribution < -0.4 is 14.8 Å². The summed E-state index contributed by atoms with van der Waals surface area (Å²) in [5.41, 5.74) is -1.15. The van der Waals surface area contributed by atoms with E-state index in [9.17, 15) is 28.1 Å². The van der Waals surface area contributed by atoms with Crippen LogP contribution in [0.5, 0.6) is 17.2 Å². The van der Waals surface area contributed by atoms with Gasteiger partial charge in [0.25, 0.3) is 11.6 Å². The van der Waals surface area contributed by atoms with Crippen LogP contribution in [0.1, 0.15) is 16.1 Å². The van der Waals surface area contributed by atoms with Crippen molar-refractivity contribution in [3.8, 4) is 17.2 Å². The van der Waals surface area contributed by atoms with Crippen LogP contribution in [-0.2, 0) is 12.9 Å². The van der Waals surface area contributed by atoms with Gasteiger partial charge < -0.3 is 14.8 Å². The first-order valence-electron chi connectivity index (χ1n) is 10.4. The average Bonchev–Trinajstić information content (AvgIpc) is 3.33. The fourth-order valence-corrected chi connectivity index (χ4v) is 3.24. The van der Waals surface area contributed by atoms with Crippen molar-refractivity contribution in [3.05, 3.63) is 105 Å². The van der Waals surface area contributed by atoms with E-state index in [2.05, 4.69) is 10.4 Å². The van der Waals surface area contributed by atoms with Crippen molar-refractivity contribution in [1.29, 1.82) is 0 Å². The maximum absolute atomic E-state index is 12.9. The molecule has 0 unspecified atom stereocenters. The summed E-state index contributed by atoms with van der Waals surface area (Å²) in [4.78, 5) is 23.4. The second-order valence-electron chi connectivity index (χ2n) is 7.52. The molecule has 1 N–H and O–H groups in total. The van der Waals surface area contributed by atoms with Gasteiger partial charge >= 0.3 is 6.18 Å². The Morgan fingerprint density at radius 3 is 2.49 bits per heavy atom. The molecule has 0 aliphatic rings. The Hall–Kier alpha value is -4.58. The Labute approximate surface area is 212 Å². The van der Waals surface area contributed by atoms with Crippen molar-refractivity contribution in [2.75, 3.05) is 5.32 Å². The number of hydrogen-bond donors (Lipinski definition) is 1. The minimum atomic E-state index is -4.51. The van der Waals surface area contributed by atoms with Gasteiger partial charge in [-0.25, -0.2) is 4.68 Å². The molecule has 1 aromatic heterocycles. The molecule has 0 aliphatic carbocycles. The number of nitro groups is 1. The third-order valence-corrected chi connectivity index (χ3v) is 5.06. The quantitative estimate of drug-likeness (QED) is 0.204. The zero-order valence-corrected chi connectivity index (χ0v) is 19.4. The van der Waals surface area contributed by atoms with E-state index in [1.165, 1.54) is 41.2 Å². The summed E-state index contributed by atoms with van der Waals surface area (Å²) in [5.74, 6) is -0.231. The molecule has 1 heterocycles. The molecule has 37 heavy (non-hydrogen) atoms. The van der Waals surface area contributed by atoms with Crippen LogP contribution in [0.2, 0.25) is 5.02 Å². The smallest absolute Gasteiger partial charge is 0.416 e. The van der Waals surface area contributed by atoms with Crippen LogP contribution in [0.15, 0.2) is 79.0 Å². The van der Waals surface area contributed by atoms with E-state index in [-0.39, 0.29) is 35.3 Å². The minimum Gasteiger partial charge on any atom is -0.471 e. The molecule has 0 bridgehead atoms. The molecule has 0 saturated carbocycles. The molecular formula is C24H16ClF3N4O5. The number of non-ortho nitro benzene ring substituents is 1. The average molecular weight is 533 g/mol. The highest BCUT2D eigenvalue weighted by atomic mass is 35.5. The lowest BCUT2D eigenvalue weighted by molar-refractivity contribution is -0.384. The van der Waals surface area contributed by atoms with Crippen LogP contribution in [0.25, 0.3) is 0 Å². The zero-order valence-electron chi connectivity index (χ0n) is 18.6. The molecule has 0 aliphatic heterocycles. The predicted molar refractivity (Wildman–Crippen MR) is 127 cm³/mol. The van der Waals surface area contributed by atoms with Gasteiger partial charge in [-0.15, -0.1) is 0 Å². The number of rotatable bonds is 8. The van der Waals surface area contributed by atoms with Crippen molar-refractivity contribution in [2.24, 2.45) is 0 Å². The zero-order chi connectivity index (χ0) is 26.6. The number of ether oxygens (including phenoxy) is 2. The van der Waals surface area contributed by atoms with Gasteiger partial charge in [-0.1, -0.05) is 17.7 Å². The van der Waals surface area contributed by atoms with Gasteiger partial charge in [0.15, 0.2) is 12.4 Å². The Bertz CT molecular complexity index is 1440. The van der Waals surface area contributed by atoms with Gasteiger partial charge in [0.1, 0.15) is 17.2 Å². The molecule has 4 aromatic rings. The molecule has 0 fully saturated rings. The van der Waals surface area contributed by atoms with Gasteiger partial charge in [0, 0.05) is 23.4 Å². The molecule has 0 spiro atoms. The van der Waals surface area contributed by atoms with Gasteiger partial charge in [-0.05, 0) is 48.5 Å². The number of carbonyl (C=O) groups is 1. The number of aromatic nitrogens is 2. The molecule has 3 aromatic carbocycles. The summed E-state index contributed by atoms with van der Waals surface area (Å²) < 4.78 is 50.7. The summed E-state index contributed by atoms with van der Waals surface area (Å²) in [7, 11) is 0. The van der Waals surface area contributed by atoms with E-state index < -0.39 is 22.6 Å². The Morgan fingerprint density at radius 1 is 1.03 bits per heavy atom. The molecule has 13 heteroatoms. The Kier molecular flexibility index (Phi) is 7.30. The summed E-state index contributed by atoms with van der Waals surface area (Å²) in [5, 5.41) is 18.4. The summed E-state index contributed by atoms with van der Waals surface area (Å²) >= 11 is 5.85. The first-order chi connectivity index (χ1) is 17.6. The number of amides is 1. The normalized spacial score (nSPS) is 11.1. The van der Waals surface area contributed by atoms with Gasteiger partial charge in [-0.2, -0.15) is 18.3 Å². The van der Waals surface area contributed by atoms with Crippen molar-refractivity contribution >= 4 is 28.9 Å². The van der Waals surface area contributed by atoms with Crippen LogP contribution in [0.3, 0.4) is 0 Å². The van der Waals surface area contributed by atoms with Crippen LogP contribution in [-0.4, -0.2) is 20.6 Å². The summed E-state index contributed by atoms with van der Waals surface area (Å²) in [6, 6.07) is 15.8.